The Kier molecular flexibility index (Phi) is 4.56. The van der Waals surface area contributed by atoms with Gasteiger partial charge in [-0.05, 0) is 20.3 Å². The Bertz CT molecular complexity index is 226. The molecule has 0 aromatic rings. The first-order valence-electron chi connectivity index (χ1n) is 4.58. The number of hydrogen-bond donors (Lipinski definition) is 3. The standard InChI is InChI=1S/C9H18N2O3/c1-4-6(10)8(14)11-9(2,3)5-7(12)13/h6H,4-5,10H2,1-3H3,(H,11,14)(H,12,13)/t6-/m1/s1. The van der Waals surface area contributed by atoms with Crippen molar-refractivity contribution in [1.82, 2.24) is 5.32 Å². The van der Waals surface area contributed by atoms with E-state index in [1.54, 1.807) is 20.8 Å². The smallest absolute Gasteiger partial charge is 0.305 e. The van der Waals surface area contributed by atoms with Crippen LogP contribution in [0, 0.1) is 0 Å². The Morgan fingerprint density at radius 3 is 2.36 bits per heavy atom. The van der Waals surface area contributed by atoms with Crippen LogP contribution < -0.4 is 11.1 Å². The van der Waals surface area contributed by atoms with Gasteiger partial charge in [0.15, 0.2) is 0 Å². The van der Waals surface area contributed by atoms with Crippen LogP contribution in [0.5, 0.6) is 0 Å². The number of amides is 1. The first-order chi connectivity index (χ1) is 6.28. The summed E-state index contributed by atoms with van der Waals surface area (Å²) in [6, 6.07) is -0.567. The lowest BCUT2D eigenvalue weighted by Crippen LogP contribution is -2.51. The molecular formula is C9H18N2O3. The number of carbonyl (C=O) groups is 2. The Balaban J connectivity index is 4.21. The Labute approximate surface area is 83.7 Å². The summed E-state index contributed by atoms with van der Waals surface area (Å²) in [5.41, 5.74) is 4.74. The molecule has 5 heteroatoms. The minimum absolute atomic E-state index is 0.116. The van der Waals surface area contributed by atoms with Gasteiger partial charge < -0.3 is 16.2 Å². The number of carboxylic acid groups (broad SMARTS) is 1. The zero-order valence-corrected chi connectivity index (χ0v) is 8.83. The lowest BCUT2D eigenvalue weighted by atomic mass is 10.00. The molecule has 0 saturated carbocycles. The highest BCUT2D eigenvalue weighted by molar-refractivity contribution is 5.82. The Hall–Kier alpha value is -1.10. The minimum atomic E-state index is -0.944. The zero-order valence-electron chi connectivity index (χ0n) is 8.83. The maximum absolute atomic E-state index is 11.3. The van der Waals surface area contributed by atoms with Crippen molar-refractivity contribution in [2.45, 2.75) is 45.2 Å². The molecule has 14 heavy (non-hydrogen) atoms. The van der Waals surface area contributed by atoms with Gasteiger partial charge in [-0.25, -0.2) is 0 Å². The van der Waals surface area contributed by atoms with E-state index in [0.717, 1.165) is 0 Å². The SMILES string of the molecule is CC[C@@H](N)C(=O)NC(C)(C)CC(=O)O. The number of aliphatic carboxylic acids is 1. The van der Waals surface area contributed by atoms with Crippen LogP contribution in [0.15, 0.2) is 0 Å². The van der Waals surface area contributed by atoms with Crippen molar-refractivity contribution in [2.24, 2.45) is 5.73 Å². The first-order valence-corrected chi connectivity index (χ1v) is 4.58. The molecule has 1 atom stereocenters. The molecular weight excluding hydrogens is 184 g/mol. The maximum Gasteiger partial charge on any atom is 0.305 e. The monoisotopic (exact) mass is 202 g/mol. The van der Waals surface area contributed by atoms with Gasteiger partial charge in [-0.15, -0.1) is 0 Å². The summed E-state index contributed by atoms with van der Waals surface area (Å²) in [6.45, 7) is 5.11. The summed E-state index contributed by atoms with van der Waals surface area (Å²) >= 11 is 0. The maximum atomic E-state index is 11.3. The second kappa shape index (κ2) is 4.95. The third kappa shape index (κ3) is 4.81. The van der Waals surface area contributed by atoms with Crippen molar-refractivity contribution < 1.29 is 14.7 Å². The van der Waals surface area contributed by atoms with E-state index in [2.05, 4.69) is 5.32 Å². The largest absolute Gasteiger partial charge is 0.481 e. The summed E-state index contributed by atoms with van der Waals surface area (Å²) < 4.78 is 0. The first kappa shape index (κ1) is 12.9. The van der Waals surface area contributed by atoms with Gasteiger partial charge in [-0.2, -0.15) is 0 Å². The van der Waals surface area contributed by atoms with Crippen molar-refractivity contribution in [3.05, 3.63) is 0 Å². The summed E-state index contributed by atoms with van der Waals surface area (Å²) in [7, 11) is 0. The topological polar surface area (TPSA) is 92.4 Å². The van der Waals surface area contributed by atoms with Crippen LogP contribution in [0.3, 0.4) is 0 Å². The molecule has 0 aromatic carbocycles. The highest BCUT2D eigenvalue weighted by Gasteiger charge is 2.25. The second-order valence-electron chi connectivity index (χ2n) is 3.96. The van der Waals surface area contributed by atoms with E-state index in [0.29, 0.717) is 6.42 Å². The summed E-state index contributed by atoms with van der Waals surface area (Å²) in [5.74, 6) is -1.25. The predicted octanol–water partition coefficient (Wildman–Crippen LogP) is 0.0932. The number of hydrogen-bond acceptors (Lipinski definition) is 3. The molecule has 4 N–H and O–H groups in total. The van der Waals surface area contributed by atoms with E-state index in [9.17, 15) is 9.59 Å². The Morgan fingerprint density at radius 1 is 1.50 bits per heavy atom. The van der Waals surface area contributed by atoms with Crippen LogP contribution in [0.2, 0.25) is 0 Å². The molecule has 82 valence electrons. The van der Waals surface area contributed by atoms with Gasteiger partial charge in [0.1, 0.15) is 0 Å². The molecule has 0 rings (SSSR count). The average molecular weight is 202 g/mol. The molecule has 0 saturated heterocycles. The van der Waals surface area contributed by atoms with Crippen LogP contribution in [-0.2, 0) is 9.59 Å². The molecule has 0 aliphatic carbocycles. The van der Waals surface area contributed by atoms with Crippen LogP contribution in [0.4, 0.5) is 0 Å². The summed E-state index contributed by atoms with van der Waals surface area (Å²) in [4.78, 5) is 21.8. The minimum Gasteiger partial charge on any atom is -0.481 e. The van der Waals surface area contributed by atoms with E-state index >= 15 is 0 Å². The van der Waals surface area contributed by atoms with Crippen molar-refractivity contribution in [1.29, 1.82) is 0 Å². The molecule has 0 radical (unpaired) electrons. The Morgan fingerprint density at radius 2 is 2.00 bits per heavy atom. The quantitative estimate of drug-likeness (QED) is 0.589. The van der Waals surface area contributed by atoms with Gasteiger partial charge in [0.2, 0.25) is 5.91 Å². The number of nitrogens with one attached hydrogen (secondary N) is 1. The molecule has 1 amide bonds. The van der Waals surface area contributed by atoms with Crippen LogP contribution in [0.1, 0.15) is 33.6 Å². The van der Waals surface area contributed by atoms with Crippen molar-refractivity contribution in [3.63, 3.8) is 0 Å². The summed E-state index contributed by atoms with van der Waals surface area (Å²) in [5, 5.41) is 11.2. The van der Waals surface area contributed by atoms with Gasteiger partial charge in [0, 0.05) is 5.54 Å². The molecule has 0 spiro atoms. The normalized spacial score (nSPS) is 13.4. The molecule has 0 bridgehead atoms. The fourth-order valence-corrected chi connectivity index (χ4v) is 1.03. The average Bonchev–Trinajstić information content (AvgIpc) is 1.99. The van der Waals surface area contributed by atoms with Gasteiger partial charge in [-0.1, -0.05) is 6.92 Å². The molecule has 0 fully saturated rings. The third-order valence-corrected chi connectivity index (χ3v) is 1.83. The van der Waals surface area contributed by atoms with Crippen LogP contribution >= 0.6 is 0 Å². The molecule has 0 aromatic heterocycles. The fourth-order valence-electron chi connectivity index (χ4n) is 1.03. The third-order valence-electron chi connectivity index (χ3n) is 1.83. The van der Waals surface area contributed by atoms with Crippen molar-refractivity contribution >= 4 is 11.9 Å². The van der Waals surface area contributed by atoms with E-state index in [-0.39, 0.29) is 12.3 Å². The molecule has 0 heterocycles. The summed E-state index contributed by atoms with van der Waals surface area (Å²) in [6.07, 6.45) is 0.421. The molecule has 0 unspecified atom stereocenters. The number of carbonyl (C=O) groups excluding carboxylic acids is 1. The van der Waals surface area contributed by atoms with E-state index in [1.807, 2.05) is 0 Å². The van der Waals surface area contributed by atoms with Gasteiger partial charge in [0.25, 0.3) is 0 Å². The zero-order chi connectivity index (χ0) is 11.4. The van der Waals surface area contributed by atoms with Crippen LogP contribution in [-0.4, -0.2) is 28.6 Å². The van der Waals surface area contributed by atoms with Gasteiger partial charge >= 0.3 is 5.97 Å². The number of rotatable bonds is 5. The lowest BCUT2D eigenvalue weighted by molar-refractivity contribution is -0.138. The van der Waals surface area contributed by atoms with E-state index in [4.69, 9.17) is 10.8 Å². The van der Waals surface area contributed by atoms with Crippen molar-refractivity contribution in [2.75, 3.05) is 0 Å². The van der Waals surface area contributed by atoms with E-state index in [1.165, 1.54) is 0 Å². The van der Waals surface area contributed by atoms with E-state index < -0.39 is 17.6 Å². The highest BCUT2D eigenvalue weighted by Crippen LogP contribution is 2.08. The number of nitrogens with two attached hydrogens (primary N) is 1. The second-order valence-corrected chi connectivity index (χ2v) is 3.96. The van der Waals surface area contributed by atoms with Gasteiger partial charge in [0.05, 0.1) is 12.5 Å². The fraction of sp³-hybridized carbons (Fsp3) is 0.778. The molecule has 0 aliphatic heterocycles. The highest BCUT2D eigenvalue weighted by atomic mass is 16.4. The molecule has 5 nitrogen and oxygen atoms in total. The molecule has 0 aliphatic rings. The van der Waals surface area contributed by atoms with Gasteiger partial charge in [-0.3, -0.25) is 9.59 Å². The van der Waals surface area contributed by atoms with Crippen molar-refractivity contribution in [3.8, 4) is 0 Å². The predicted molar refractivity (Wildman–Crippen MR) is 52.7 cm³/mol. The lowest BCUT2D eigenvalue weighted by Gasteiger charge is -2.25. The number of carboxylic acids is 1. The van der Waals surface area contributed by atoms with Crippen LogP contribution in [0.25, 0.3) is 0 Å².